The molecule has 1 aromatic carbocycles. The summed E-state index contributed by atoms with van der Waals surface area (Å²) in [6, 6.07) is 4.29. The first-order chi connectivity index (χ1) is 9.12. The number of amidine groups is 1. The van der Waals surface area contributed by atoms with Crippen LogP contribution in [-0.2, 0) is 0 Å². The lowest BCUT2D eigenvalue weighted by molar-refractivity contribution is -0.385. The quantitative estimate of drug-likeness (QED) is 0.227. The first-order valence-corrected chi connectivity index (χ1v) is 6.53. The van der Waals surface area contributed by atoms with Crippen LogP contribution in [0.1, 0.15) is 6.92 Å². The maximum atomic E-state index is 10.8. The van der Waals surface area contributed by atoms with Gasteiger partial charge in [0.2, 0.25) is 0 Å². The fraction of sp³-hybridized carbons (Fsp3) is 0.273. The molecule has 0 radical (unpaired) electrons. The van der Waals surface area contributed by atoms with Crippen molar-refractivity contribution in [2.45, 2.75) is 6.92 Å². The number of nitro groups is 1. The van der Waals surface area contributed by atoms with Gasteiger partial charge in [0.05, 0.1) is 17.2 Å². The third-order valence-electron chi connectivity index (χ3n) is 2.03. The van der Waals surface area contributed by atoms with E-state index in [4.69, 9.17) is 10.00 Å². The Morgan fingerprint density at radius 2 is 2.42 bits per heavy atom. The second-order valence-electron chi connectivity index (χ2n) is 3.20. The summed E-state index contributed by atoms with van der Waals surface area (Å²) in [5.74, 6) is 0.158. The molecule has 1 N–H and O–H groups in total. The van der Waals surface area contributed by atoms with Gasteiger partial charge in [-0.2, -0.15) is 5.26 Å². The zero-order chi connectivity index (χ0) is 14.3. The Morgan fingerprint density at radius 1 is 1.68 bits per heavy atom. The third kappa shape index (κ3) is 4.15. The smallest absolute Gasteiger partial charge is 0.311 e. The third-order valence-corrected chi connectivity index (χ3v) is 2.61. The topological polar surface area (TPSA) is 101 Å². The zero-order valence-corrected chi connectivity index (χ0v) is 11.2. The van der Waals surface area contributed by atoms with Crippen LogP contribution < -0.4 is 10.1 Å². The van der Waals surface area contributed by atoms with Gasteiger partial charge in [0.25, 0.3) is 0 Å². The fourth-order valence-corrected chi connectivity index (χ4v) is 1.63. The molecule has 0 amide bonds. The van der Waals surface area contributed by atoms with Crippen LogP contribution in [-0.4, -0.2) is 23.0 Å². The summed E-state index contributed by atoms with van der Waals surface area (Å²) in [7, 11) is 0. The van der Waals surface area contributed by atoms with Gasteiger partial charge in [-0.1, -0.05) is 11.8 Å². The number of benzene rings is 1. The lowest BCUT2D eigenvalue weighted by atomic mass is 10.2. The highest BCUT2D eigenvalue weighted by atomic mass is 32.2. The predicted molar refractivity (Wildman–Crippen MR) is 73.6 cm³/mol. The van der Waals surface area contributed by atoms with E-state index in [0.29, 0.717) is 17.5 Å². The van der Waals surface area contributed by atoms with Gasteiger partial charge >= 0.3 is 5.69 Å². The predicted octanol–water partition coefficient (Wildman–Crippen LogP) is 2.41. The maximum absolute atomic E-state index is 10.8. The van der Waals surface area contributed by atoms with E-state index < -0.39 is 4.92 Å². The number of nitrogens with zero attached hydrogens (tertiary/aromatic N) is 3. The van der Waals surface area contributed by atoms with E-state index in [1.165, 1.54) is 30.0 Å². The van der Waals surface area contributed by atoms with Gasteiger partial charge in [0.15, 0.2) is 17.1 Å². The molecule has 1 aromatic rings. The van der Waals surface area contributed by atoms with E-state index in [-0.39, 0.29) is 11.4 Å². The highest BCUT2D eigenvalue weighted by Gasteiger charge is 2.15. The second-order valence-corrected chi connectivity index (χ2v) is 3.99. The molecule has 0 unspecified atom stereocenters. The molecule has 1 rings (SSSR count). The lowest BCUT2D eigenvalue weighted by Gasteiger charge is -2.05. The van der Waals surface area contributed by atoms with E-state index in [1.54, 1.807) is 19.4 Å². The molecule has 0 aromatic heterocycles. The molecular formula is C11H12N4O3S. The van der Waals surface area contributed by atoms with Crippen LogP contribution in [0.2, 0.25) is 0 Å². The Morgan fingerprint density at radius 3 is 2.95 bits per heavy atom. The molecule has 0 aliphatic heterocycles. The highest BCUT2D eigenvalue weighted by molar-refractivity contribution is 8.13. The van der Waals surface area contributed by atoms with Crippen molar-refractivity contribution in [1.29, 1.82) is 5.26 Å². The van der Waals surface area contributed by atoms with Gasteiger partial charge in [-0.25, -0.2) is 4.99 Å². The summed E-state index contributed by atoms with van der Waals surface area (Å²) in [6.07, 6.45) is 3.53. The van der Waals surface area contributed by atoms with E-state index in [2.05, 4.69) is 10.3 Å². The summed E-state index contributed by atoms with van der Waals surface area (Å²) in [6.45, 7) is 2.06. The molecule has 0 aliphatic carbocycles. The first kappa shape index (κ1) is 14.8. The normalized spacial score (nSPS) is 10.7. The van der Waals surface area contributed by atoms with Crippen LogP contribution in [0, 0.1) is 21.6 Å². The summed E-state index contributed by atoms with van der Waals surface area (Å²) in [5, 5.41) is 22.2. The summed E-state index contributed by atoms with van der Waals surface area (Å²) < 4.78 is 5.21. The van der Waals surface area contributed by atoms with Gasteiger partial charge in [0, 0.05) is 12.1 Å². The van der Waals surface area contributed by atoms with Crippen LogP contribution >= 0.6 is 11.8 Å². The summed E-state index contributed by atoms with van der Waals surface area (Å²) in [5.41, 5.74) is 0.362. The number of nitrogens with one attached hydrogen (secondary N) is 1. The molecule has 0 atom stereocenters. The summed E-state index contributed by atoms with van der Waals surface area (Å²) in [4.78, 5) is 14.5. The standard InChI is InChI=1S/C11H12N4O3S/c1-3-18-10-6-8(4-5-9(10)15(16)17)14-11(19-2)13-7-12/h4-6H,3H2,1-2H3,(H,13,14). The van der Waals surface area contributed by atoms with Gasteiger partial charge < -0.3 is 4.74 Å². The van der Waals surface area contributed by atoms with Crippen LogP contribution in [0.5, 0.6) is 5.75 Å². The minimum atomic E-state index is -0.512. The maximum Gasteiger partial charge on any atom is 0.311 e. The number of thioether (sulfide) groups is 1. The minimum Gasteiger partial charge on any atom is -0.487 e. The molecule has 0 bridgehead atoms. The Hall–Kier alpha value is -2.27. The van der Waals surface area contributed by atoms with Crippen molar-refractivity contribution in [3.8, 4) is 11.9 Å². The number of nitriles is 1. The SMILES string of the molecule is CCOc1cc(N=C(NC#N)SC)ccc1[N+](=O)[O-]. The molecule has 100 valence electrons. The fourth-order valence-electron chi connectivity index (χ4n) is 1.28. The minimum absolute atomic E-state index is 0.111. The Bertz CT molecular complexity index is 539. The second kappa shape index (κ2) is 7.23. The zero-order valence-electron chi connectivity index (χ0n) is 10.4. The molecule has 19 heavy (non-hydrogen) atoms. The van der Waals surface area contributed by atoms with Gasteiger partial charge in [-0.3, -0.25) is 15.4 Å². The number of ether oxygens (including phenoxy) is 1. The molecule has 8 heteroatoms. The van der Waals surface area contributed by atoms with Gasteiger partial charge in [0.1, 0.15) is 0 Å². The Balaban J connectivity index is 3.14. The number of nitro benzene ring substituents is 1. The molecule has 0 saturated heterocycles. The largest absolute Gasteiger partial charge is 0.487 e. The molecule has 0 heterocycles. The number of hydrogen-bond acceptors (Lipinski definition) is 6. The molecule has 0 spiro atoms. The van der Waals surface area contributed by atoms with Crippen LogP contribution in [0.25, 0.3) is 0 Å². The molecule has 0 fully saturated rings. The van der Waals surface area contributed by atoms with Crippen molar-refractivity contribution in [3.63, 3.8) is 0 Å². The van der Waals surface area contributed by atoms with Crippen molar-refractivity contribution in [1.82, 2.24) is 5.32 Å². The van der Waals surface area contributed by atoms with E-state index in [9.17, 15) is 10.1 Å². The molecule has 7 nitrogen and oxygen atoms in total. The number of hydrogen-bond donors (Lipinski definition) is 1. The monoisotopic (exact) mass is 280 g/mol. The lowest BCUT2D eigenvalue weighted by Crippen LogP contribution is -2.12. The van der Waals surface area contributed by atoms with Crippen molar-refractivity contribution in [2.24, 2.45) is 4.99 Å². The molecule has 0 aliphatic rings. The van der Waals surface area contributed by atoms with Crippen LogP contribution in [0.3, 0.4) is 0 Å². The molecule has 0 saturated carbocycles. The molecular weight excluding hydrogens is 268 g/mol. The summed E-state index contributed by atoms with van der Waals surface area (Å²) >= 11 is 1.26. The van der Waals surface area contributed by atoms with Gasteiger partial charge in [-0.15, -0.1) is 0 Å². The average molecular weight is 280 g/mol. The number of rotatable bonds is 4. The van der Waals surface area contributed by atoms with Crippen molar-refractivity contribution < 1.29 is 9.66 Å². The highest BCUT2D eigenvalue weighted by Crippen LogP contribution is 2.31. The Labute approximate surface area is 114 Å². The average Bonchev–Trinajstić information content (AvgIpc) is 2.38. The first-order valence-electron chi connectivity index (χ1n) is 5.31. The van der Waals surface area contributed by atoms with E-state index >= 15 is 0 Å². The van der Waals surface area contributed by atoms with E-state index in [0.717, 1.165) is 0 Å². The van der Waals surface area contributed by atoms with Gasteiger partial charge in [-0.05, 0) is 19.2 Å². The van der Waals surface area contributed by atoms with E-state index in [1.807, 2.05) is 0 Å². The van der Waals surface area contributed by atoms with Crippen molar-refractivity contribution in [2.75, 3.05) is 12.9 Å². The number of aliphatic imine (C=N–C) groups is 1. The van der Waals surface area contributed by atoms with Crippen LogP contribution in [0.15, 0.2) is 23.2 Å². The Kier molecular flexibility index (Phi) is 5.63. The van der Waals surface area contributed by atoms with Crippen LogP contribution in [0.4, 0.5) is 11.4 Å². The van der Waals surface area contributed by atoms with Crippen molar-refractivity contribution >= 4 is 28.3 Å². The van der Waals surface area contributed by atoms with Crippen molar-refractivity contribution in [3.05, 3.63) is 28.3 Å².